The maximum atomic E-state index is 12.4. The normalized spacial score (nSPS) is 12.6. The molecular formula is C16H18N2O5S. The van der Waals surface area contributed by atoms with Crippen LogP contribution < -0.4 is 9.46 Å². The van der Waals surface area contributed by atoms with Crippen LogP contribution in [0.5, 0.6) is 5.75 Å². The van der Waals surface area contributed by atoms with E-state index < -0.39 is 26.7 Å². The summed E-state index contributed by atoms with van der Waals surface area (Å²) in [7, 11) is -4.01. The number of aryl methyl sites for hydroxylation is 1. The summed E-state index contributed by atoms with van der Waals surface area (Å²) in [5.41, 5.74) is 0.167. The van der Waals surface area contributed by atoms with Gasteiger partial charge in [-0.2, -0.15) is 0 Å². The summed E-state index contributed by atoms with van der Waals surface area (Å²) in [6.45, 7) is 3.36. The van der Waals surface area contributed by atoms with Crippen molar-refractivity contribution in [1.29, 1.82) is 0 Å². The molecule has 0 aliphatic heterocycles. The van der Waals surface area contributed by atoms with Crippen molar-refractivity contribution in [3.05, 3.63) is 64.2 Å². The molecule has 2 aromatic rings. The van der Waals surface area contributed by atoms with Crippen LogP contribution in [0.25, 0.3) is 0 Å². The number of para-hydroxylation sites is 1. The van der Waals surface area contributed by atoms with Crippen molar-refractivity contribution in [3.63, 3.8) is 0 Å². The number of hydrogen-bond donors (Lipinski definition) is 1. The third-order valence-corrected chi connectivity index (χ3v) is 4.71. The zero-order valence-corrected chi connectivity index (χ0v) is 14.1. The van der Waals surface area contributed by atoms with E-state index in [0.29, 0.717) is 11.3 Å². The maximum Gasteiger partial charge on any atom is 0.289 e. The van der Waals surface area contributed by atoms with E-state index >= 15 is 0 Å². The van der Waals surface area contributed by atoms with Crippen molar-refractivity contribution in [2.24, 2.45) is 0 Å². The molecule has 0 bridgehead atoms. The van der Waals surface area contributed by atoms with Crippen molar-refractivity contribution in [3.8, 4) is 5.75 Å². The van der Waals surface area contributed by atoms with E-state index in [1.807, 2.05) is 18.2 Å². The van der Waals surface area contributed by atoms with E-state index in [1.54, 1.807) is 26.0 Å². The van der Waals surface area contributed by atoms with Gasteiger partial charge in [0.1, 0.15) is 11.9 Å². The number of nitro groups is 1. The van der Waals surface area contributed by atoms with Crippen molar-refractivity contribution < 1.29 is 18.1 Å². The van der Waals surface area contributed by atoms with Gasteiger partial charge in [0, 0.05) is 12.6 Å². The third-order valence-electron chi connectivity index (χ3n) is 3.24. The first-order valence-electron chi connectivity index (χ1n) is 7.26. The van der Waals surface area contributed by atoms with Gasteiger partial charge in [-0.3, -0.25) is 10.1 Å². The van der Waals surface area contributed by atoms with E-state index in [9.17, 15) is 18.5 Å². The first-order chi connectivity index (χ1) is 11.3. The molecule has 7 nitrogen and oxygen atoms in total. The number of rotatable bonds is 7. The van der Waals surface area contributed by atoms with Crippen molar-refractivity contribution in [1.82, 2.24) is 4.72 Å². The summed E-state index contributed by atoms with van der Waals surface area (Å²) < 4.78 is 32.6. The molecule has 1 unspecified atom stereocenters. The Morgan fingerprint density at radius 3 is 2.50 bits per heavy atom. The van der Waals surface area contributed by atoms with Gasteiger partial charge in [0.2, 0.25) is 10.0 Å². The lowest BCUT2D eigenvalue weighted by molar-refractivity contribution is -0.387. The number of ether oxygens (including phenoxy) is 1. The lowest BCUT2D eigenvalue weighted by Gasteiger charge is -2.15. The fourth-order valence-corrected chi connectivity index (χ4v) is 3.34. The van der Waals surface area contributed by atoms with Crippen LogP contribution in [-0.2, 0) is 10.0 Å². The molecule has 24 heavy (non-hydrogen) atoms. The monoisotopic (exact) mass is 350 g/mol. The van der Waals surface area contributed by atoms with Crippen LogP contribution in [0.2, 0.25) is 0 Å². The third kappa shape index (κ3) is 4.53. The summed E-state index contributed by atoms with van der Waals surface area (Å²) in [4.78, 5) is 10.0. The Labute approximate surface area is 140 Å². The van der Waals surface area contributed by atoms with Gasteiger partial charge in [0.15, 0.2) is 4.90 Å². The molecule has 128 valence electrons. The fraction of sp³-hybridized carbons (Fsp3) is 0.250. The van der Waals surface area contributed by atoms with Crippen LogP contribution in [0.3, 0.4) is 0 Å². The molecule has 2 rings (SSSR count). The highest BCUT2D eigenvalue weighted by atomic mass is 32.2. The highest BCUT2D eigenvalue weighted by molar-refractivity contribution is 7.89. The highest BCUT2D eigenvalue weighted by Gasteiger charge is 2.26. The Bertz CT molecular complexity index is 822. The van der Waals surface area contributed by atoms with Gasteiger partial charge in [-0.25, -0.2) is 13.1 Å². The maximum absolute atomic E-state index is 12.4. The van der Waals surface area contributed by atoms with Crippen LogP contribution in [0.4, 0.5) is 5.69 Å². The number of sulfonamides is 1. The van der Waals surface area contributed by atoms with Crippen molar-refractivity contribution >= 4 is 15.7 Å². The molecule has 0 fully saturated rings. The van der Waals surface area contributed by atoms with Crippen LogP contribution >= 0.6 is 0 Å². The molecule has 2 aromatic carbocycles. The molecule has 0 saturated heterocycles. The average Bonchev–Trinajstić information content (AvgIpc) is 2.53. The SMILES string of the molecule is Cc1ccc(S(=O)(=O)NCC(C)Oc2ccccc2)c([N+](=O)[O-])c1. The first kappa shape index (κ1) is 17.9. The van der Waals surface area contributed by atoms with E-state index in [0.717, 1.165) is 0 Å². The Kier molecular flexibility index (Phi) is 5.53. The van der Waals surface area contributed by atoms with E-state index in [-0.39, 0.29) is 11.4 Å². The van der Waals surface area contributed by atoms with Gasteiger partial charge < -0.3 is 4.74 Å². The van der Waals surface area contributed by atoms with Gasteiger partial charge in [-0.05, 0) is 37.6 Å². The Morgan fingerprint density at radius 2 is 1.88 bits per heavy atom. The Hall–Kier alpha value is -2.45. The summed E-state index contributed by atoms with van der Waals surface area (Å²) in [5.74, 6) is 0.616. The van der Waals surface area contributed by atoms with Gasteiger partial charge in [0.05, 0.1) is 4.92 Å². The number of hydrogen-bond acceptors (Lipinski definition) is 5. The van der Waals surface area contributed by atoms with Crippen LogP contribution in [0.1, 0.15) is 12.5 Å². The number of nitro benzene ring substituents is 1. The lowest BCUT2D eigenvalue weighted by Crippen LogP contribution is -2.33. The number of benzene rings is 2. The lowest BCUT2D eigenvalue weighted by atomic mass is 10.2. The molecule has 0 saturated carbocycles. The standard InChI is InChI=1S/C16H18N2O5S/c1-12-8-9-16(15(10-12)18(19)20)24(21,22)17-11-13(2)23-14-6-4-3-5-7-14/h3-10,13,17H,11H2,1-2H3. The molecule has 1 N–H and O–H groups in total. The summed E-state index contributed by atoms with van der Waals surface area (Å²) in [6.07, 6.45) is -0.438. The van der Waals surface area contributed by atoms with Crippen molar-refractivity contribution in [2.45, 2.75) is 24.8 Å². The van der Waals surface area contributed by atoms with Crippen LogP contribution in [-0.4, -0.2) is 26.0 Å². The summed E-state index contributed by atoms with van der Waals surface area (Å²) in [6, 6.07) is 13.0. The molecule has 0 aliphatic rings. The van der Waals surface area contributed by atoms with Gasteiger partial charge in [-0.1, -0.05) is 24.3 Å². The molecule has 8 heteroatoms. The van der Waals surface area contributed by atoms with Crippen LogP contribution in [0, 0.1) is 17.0 Å². The van der Waals surface area contributed by atoms with Crippen LogP contribution in [0.15, 0.2) is 53.4 Å². The van der Waals surface area contributed by atoms with Crippen molar-refractivity contribution in [2.75, 3.05) is 6.54 Å². The average molecular weight is 350 g/mol. The van der Waals surface area contributed by atoms with Gasteiger partial charge >= 0.3 is 0 Å². The molecule has 0 amide bonds. The minimum atomic E-state index is -4.01. The molecule has 1 atom stereocenters. The predicted molar refractivity (Wildman–Crippen MR) is 89.6 cm³/mol. The quantitative estimate of drug-likeness (QED) is 0.611. The molecule has 0 aliphatic carbocycles. The number of nitrogens with zero attached hydrogens (tertiary/aromatic N) is 1. The molecule has 0 radical (unpaired) electrons. The minimum absolute atomic E-state index is 0.0116. The Morgan fingerprint density at radius 1 is 1.21 bits per heavy atom. The molecular weight excluding hydrogens is 332 g/mol. The minimum Gasteiger partial charge on any atom is -0.489 e. The zero-order valence-electron chi connectivity index (χ0n) is 13.3. The second-order valence-corrected chi connectivity index (χ2v) is 7.06. The molecule has 0 aromatic heterocycles. The topological polar surface area (TPSA) is 98.5 Å². The fourth-order valence-electron chi connectivity index (χ4n) is 2.08. The summed E-state index contributed by atoms with van der Waals surface area (Å²) >= 11 is 0. The van der Waals surface area contributed by atoms with E-state index in [1.165, 1.54) is 18.2 Å². The largest absolute Gasteiger partial charge is 0.489 e. The first-order valence-corrected chi connectivity index (χ1v) is 8.74. The van der Waals surface area contributed by atoms with E-state index in [2.05, 4.69) is 4.72 Å². The molecule has 0 spiro atoms. The highest BCUT2D eigenvalue weighted by Crippen LogP contribution is 2.24. The second kappa shape index (κ2) is 7.41. The predicted octanol–water partition coefficient (Wildman–Crippen LogP) is 2.65. The molecule has 0 heterocycles. The van der Waals surface area contributed by atoms with Gasteiger partial charge in [-0.15, -0.1) is 0 Å². The summed E-state index contributed by atoms with van der Waals surface area (Å²) in [5, 5.41) is 11.1. The Balaban J connectivity index is 2.10. The second-order valence-electron chi connectivity index (χ2n) is 5.32. The zero-order chi connectivity index (χ0) is 17.7. The van der Waals surface area contributed by atoms with E-state index in [4.69, 9.17) is 4.74 Å². The smallest absolute Gasteiger partial charge is 0.289 e. The number of nitrogens with one attached hydrogen (secondary N) is 1. The van der Waals surface area contributed by atoms with Gasteiger partial charge in [0.25, 0.3) is 5.69 Å².